The van der Waals surface area contributed by atoms with E-state index in [-0.39, 0.29) is 5.82 Å². The largest absolute Gasteiger partial charge is 0.398 e. The number of benzene rings is 2. The van der Waals surface area contributed by atoms with E-state index in [9.17, 15) is 4.39 Å². The van der Waals surface area contributed by atoms with Crippen LogP contribution < -0.4 is 5.73 Å². The summed E-state index contributed by atoms with van der Waals surface area (Å²) >= 11 is 5.95. The first-order chi connectivity index (χ1) is 7.99. The van der Waals surface area contributed by atoms with Crippen LogP contribution in [0.4, 0.5) is 10.1 Å². The smallest absolute Gasteiger partial charge is 0.131 e. The molecule has 88 valence electrons. The number of anilines is 1. The Kier molecular flexibility index (Phi) is 3.07. The van der Waals surface area contributed by atoms with E-state index in [1.165, 1.54) is 6.07 Å². The van der Waals surface area contributed by atoms with Crippen molar-refractivity contribution in [1.29, 1.82) is 0 Å². The Morgan fingerprint density at radius 2 is 1.82 bits per heavy atom. The van der Waals surface area contributed by atoms with Gasteiger partial charge in [0.25, 0.3) is 0 Å². The predicted octanol–water partition coefficient (Wildman–Crippen LogP) is 4.35. The van der Waals surface area contributed by atoms with Gasteiger partial charge in [-0.15, -0.1) is 0 Å². The van der Waals surface area contributed by atoms with E-state index in [1.807, 2.05) is 19.9 Å². The van der Waals surface area contributed by atoms with E-state index in [2.05, 4.69) is 0 Å². The van der Waals surface area contributed by atoms with Gasteiger partial charge in [-0.2, -0.15) is 0 Å². The molecule has 0 bridgehead atoms. The van der Waals surface area contributed by atoms with Crippen LogP contribution in [0.5, 0.6) is 0 Å². The molecule has 1 nitrogen and oxygen atoms in total. The Bertz CT molecular complexity index is 555. The fourth-order valence-corrected chi connectivity index (χ4v) is 2.14. The standard InChI is InChI=1S/C14H13ClFN/c1-8-5-9(2)14(12(16)6-8)10-3-4-13(17)11(15)7-10/h3-7H,17H2,1-2H3. The van der Waals surface area contributed by atoms with Gasteiger partial charge in [0.15, 0.2) is 0 Å². The molecule has 0 saturated heterocycles. The number of hydrogen-bond donors (Lipinski definition) is 1. The van der Waals surface area contributed by atoms with Gasteiger partial charge in [-0.1, -0.05) is 23.7 Å². The number of hydrogen-bond acceptors (Lipinski definition) is 1. The predicted molar refractivity (Wildman–Crippen MR) is 70.7 cm³/mol. The van der Waals surface area contributed by atoms with Gasteiger partial charge in [-0.3, -0.25) is 0 Å². The second-order valence-electron chi connectivity index (χ2n) is 4.17. The van der Waals surface area contributed by atoms with Crippen LogP contribution in [0.3, 0.4) is 0 Å². The highest BCUT2D eigenvalue weighted by Crippen LogP contribution is 2.31. The maximum atomic E-state index is 14.0. The molecule has 0 heterocycles. The summed E-state index contributed by atoms with van der Waals surface area (Å²) in [6, 6.07) is 8.63. The summed E-state index contributed by atoms with van der Waals surface area (Å²) in [7, 11) is 0. The molecular formula is C14H13ClFN. The van der Waals surface area contributed by atoms with Gasteiger partial charge in [0.2, 0.25) is 0 Å². The topological polar surface area (TPSA) is 26.0 Å². The van der Waals surface area contributed by atoms with Gasteiger partial charge in [0.1, 0.15) is 5.82 Å². The van der Waals surface area contributed by atoms with E-state index in [0.29, 0.717) is 16.3 Å². The molecular weight excluding hydrogens is 237 g/mol. The number of nitrogen functional groups attached to an aromatic ring is 1. The van der Waals surface area contributed by atoms with Crippen molar-refractivity contribution in [2.24, 2.45) is 0 Å². The summed E-state index contributed by atoms with van der Waals surface area (Å²) in [4.78, 5) is 0. The van der Waals surface area contributed by atoms with Crippen LogP contribution in [0, 0.1) is 19.7 Å². The Labute approximate surface area is 105 Å². The highest BCUT2D eigenvalue weighted by molar-refractivity contribution is 6.33. The Hall–Kier alpha value is -1.54. The summed E-state index contributed by atoms with van der Waals surface area (Å²) in [5.74, 6) is -0.233. The molecule has 0 unspecified atom stereocenters. The van der Waals surface area contributed by atoms with E-state index in [1.54, 1.807) is 18.2 Å². The van der Waals surface area contributed by atoms with E-state index < -0.39 is 0 Å². The monoisotopic (exact) mass is 249 g/mol. The number of halogens is 2. The molecule has 0 amide bonds. The highest BCUT2D eigenvalue weighted by Gasteiger charge is 2.10. The van der Waals surface area contributed by atoms with E-state index in [4.69, 9.17) is 17.3 Å². The third kappa shape index (κ3) is 2.27. The van der Waals surface area contributed by atoms with Crippen LogP contribution in [0.2, 0.25) is 5.02 Å². The molecule has 0 saturated carbocycles. The zero-order chi connectivity index (χ0) is 12.6. The summed E-state index contributed by atoms with van der Waals surface area (Å²) < 4.78 is 14.0. The third-order valence-corrected chi connectivity index (χ3v) is 3.05. The van der Waals surface area contributed by atoms with Crippen molar-refractivity contribution in [3.63, 3.8) is 0 Å². The lowest BCUT2D eigenvalue weighted by atomic mass is 9.98. The molecule has 0 fully saturated rings. The van der Waals surface area contributed by atoms with E-state index in [0.717, 1.165) is 16.7 Å². The van der Waals surface area contributed by atoms with Crippen LogP contribution in [0.25, 0.3) is 11.1 Å². The molecule has 2 aromatic carbocycles. The molecule has 0 aliphatic rings. The van der Waals surface area contributed by atoms with Gasteiger partial charge < -0.3 is 5.73 Å². The second-order valence-corrected chi connectivity index (χ2v) is 4.58. The molecule has 2 aromatic rings. The first-order valence-corrected chi connectivity index (χ1v) is 5.69. The van der Waals surface area contributed by atoms with Crippen molar-refractivity contribution in [3.8, 4) is 11.1 Å². The summed E-state index contributed by atoms with van der Waals surface area (Å²) in [5.41, 5.74) is 9.27. The lowest BCUT2D eigenvalue weighted by Crippen LogP contribution is -1.92. The van der Waals surface area contributed by atoms with Gasteiger partial charge >= 0.3 is 0 Å². The van der Waals surface area contributed by atoms with Gasteiger partial charge in [-0.25, -0.2) is 4.39 Å². The summed E-state index contributed by atoms with van der Waals surface area (Å²) in [5, 5.41) is 0.446. The van der Waals surface area contributed by atoms with Gasteiger partial charge in [0, 0.05) is 5.56 Å². The number of aryl methyl sites for hydroxylation is 2. The number of rotatable bonds is 1. The van der Waals surface area contributed by atoms with Crippen molar-refractivity contribution >= 4 is 17.3 Å². The van der Waals surface area contributed by atoms with Crippen LogP contribution in [-0.4, -0.2) is 0 Å². The van der Waals surface area contributed by atoms with Crippen LogP contribution in [-0.2, 0) is 0 Å². The average Bonchev–Trinajstić information content (AvgIpc) is 2.21. The highest BCUT2D eigenvalue weighted by atomic mass is 35.5. The van der Waals surface area contributed by atoms with Crippen molar-refractivity contribution in [1.82, 2.24) is 0 Å². The Morgan fingerprint density at radius 1 is 1.12 bits per heavy atom. The summed E-state index contributed by atoms with van der Waals surface area (Å²) in [6.45, 7) is 3.76. The minimum absolute atomic E-state index is 0.233. The fraction of sp³-hybridized carbons (Fsp3) is 0.143. The zero-order valence-corrected chi connectivity index (χ0v) is 10.5. The molecule has 0 aliphatic carbocycles. The lowest BCUT2D eigenvalue weighted by molar-refractivity contribution is 0.629. The van der Waals surface area contributed by atoms with Crippen molar-refractivity contribution in [2.45, 2.75) is 13.8 Å². The first kappa shape index (κ1) is 11.9. The van der Waals surface area contributed by atoms with Crippen LogP contribution in [0.1, 0.15) is 11.1 Å². The summed E-state index contributed by atoms with van der Waals surface area (Å²) in [6.07, 6.45) is 0. The Balaban J connectivity index is 2.64. The van der Waals surface area contributed by atoms with Crippen molar-refractivity contribution in [3.05, 3.63) is 52.3 Å². The van der Waals surface area contributed by atoms with Gasteiger partial charge in [0.05, 0.1) is 10.7 Å². The van der Waals surface area contributed by atoms with Gasteiger partial charge in [-0.05, 0) is 48.7 Å². The van der Waals surface area contributed by atoms with Crippen molar-refractivity contribution in [2.75, 3.05) is 5.73 Å². The van der Waals surface area contributed by atoms with Crippen molar-refractivity contribution < 1.29 is 4.39 Å². The third-order valence-electron chi connectivity index (χ3n) is 2.72. The lowest BCUT2D eigenvalue weighted by Gasteiger charge is -2.10. The maximum absolute atomic E-state index is 14.0. The molecule has 2 N–H and O–H groups in total. The first-order valence-electron chi connectivity index (χ1n) is 5.31. The van der Waals surface area contributed by atoms with E-state index >= 15 is 0 Å². The molecule has 17 heavy (non-hydrogen) atoms. The Morgan fingerprint density at radius 3 is 2.41 bits per heavy atom. The molecule has 0 radical (unpaired) electrons. The quantitative estimate of drug-likeness (QED) is 0.748. The fourth-order valence-electron chi connectivity index (χ4n) is 1.96. The number of nitrogens with two attached hydrogens (primary N) is 1. The minimum Gasteiger partial charge on any atom is -0.398 e. The SMILES string of the molecule is Cc1cc(C)c(-c2ccc(N)c(Cl)c2)c(F)c1. The van der Waals surface area contributed by atoms with Crippen LogP contribution >= 0.6 is 11.6 Å². The average molecular weight is 250 g/mol. The minimum atomic E-state index is -0.233. The molecule has 0 aromatic heterocycles. The molecule has 2 rings (SSSR count). The molecule has 3 heteroatoms. The second kappa shape index (κ2) is 4.38. The molecule has 0 aliphatic heterocycles. The normalized spacial score (nSPS) is 10.6. The molecule has 0 atom stereocenters. The zero-order valence-electron chi connectivity index (χ0n) is 9.72. The van der Waals surface area contributed by atoms with Crippen LogP contribution in [0.15, 0.2) is 30.3 Å². The maximum Gasteiger partial charge on any atom is 0.131 e. The molecule has 0 spiro atoms.